The van der Waals surface area contributed by atoms with Gasteiger partial charge in [0.15, 0.2) is 5.78 Å². The van der Waals surface area contributed by atoms with Crippen molar-refractivity contribution in [3.8, 4) is 0 Å². The van der Waals surface area contributed by atoms with E-state index < -0.39 is 0 Å². The Morgan fingerprint density at radius 1 is 1.40 bits per heavy atom. The van der Waals surface area contributed by atoms with Gasteiger partial charge in [-0.1, -0.05) is 13.8 Å². The molecule has 2 atom stereocenters. The number of Topliss-reactive ketones (excluding diaryl/α,β-unsaturated/α-hetero) is 1. The predicted octanol–water partition coefficient (Wildman–Crippen LogP) is 3.31. The second-order valence-electron chi connectivity index (χ2n) is 6.36. The highest BCUT2D eigenvalue weighted by Crippen LogP contribution is 2.40. The van der Waals surface area contributed by atoms with Gasteiger partial charge in [0.05, 0.1) is 5.60 Å². The van der Waals surface area contributed by atoms with E-state index in [0.717, 1.165) is 32.3 Å². The molecule has 0 amide bonds. The monoisotopic (exact) mass is 300 g/mol. The largest absolute Gasteiger partial charge is 0.375 e. The Labute approximate surface area is 127 Å². The van der Waals surface area contributed by atoms with Crippen molar-refractivity contribution in [3.63, 3.8) is 0 Å². The molecule has 0 N–H and O–H groups in total. The number of ether oxygens (including phenoxy) is 2. The SMILES string of the molecule is CCOC(C(=O)C1CCOC2(CCSCC2)C1)C(C)C. The molecule has 0 aromatic heterocycles. The Balaban J connectivity index is 2.01. The average Bonchev–Trinajstić information content (AvgIpc) is 2.44. The Morgan fingerprint density at radius 3 is 2.70 bits per heavy atom. The summed E-state index contributed by atoms with van der Waals surface area (Å²) in [5.41, 5.74) is -0.0163. The zero-order valence-electron chi connectivity index (χ0n) is 13.0. The van der Waals surface area contributed by atoms with Gasteiger partial charge in [-0.3, -0.25) is 4.79 Å². The molecule has 2 rings (SSSR count). The van der Waals surface area contributed by atoms with Crippen LogP contribution in [0, 0.1) is 11.8 Å². The minimum Gasteiger partial charge on any atom is -0.375 e. The molecule has 2 fully saturated rings. The third-order valence-corrected chi connectivity index (χ3v) is 5.52. The van der Waals surface area contributed by atoms with Crippen LogP contribution in [0.3, 0.4) is 0 Å². The van der Waals surface area contributed by atoms with Crippen LogP contribution in [-0.2, 0) is 14.3 Å². The van der Waals surface area contributed by atoms with Crippen molar-refractivity contribution in [2.45, 2.75) is 58.2 Å². The standard InChI is InChI=1S/C16H28O3S/c1-4-18-15(12(2)3)14(17)13-5-8-19-16(11-13)6-9-20-10-7-16/h12-13,15H,4-11H2,1-3H3. The summed E-state index contributed by atoms with van der Waals surface area (Å²) in [4.78, 5) is 12.8. The molecule has 1 spiro atoms. The minimum absolute atomic E-state index is 0.0163. The van der Waals surface area contributed by atoms with Crippen molar-refractivity contribution in [2.24, 2.45) is 11.8 Å². The number of ketones is 1. The maximum atomic E-state index is 12.8. The van der Waals surface area contributed by atoms with E-state index in [9.17, 15) is 4.79 Å². The Bertz CT molecular complexity index is 318. The van der Waals surface area contributed by atoms with E-state index in [1.807, 2.05) is 18.7 Å². The van der Waals surface area contributed by atoms with Crippen molar-refractivity contribution in [1.82, 2.24) is 0 Å². The van der Waals surface area contributed by atoms with Crippen LogP contribution < -0.4 is 0 Å². The third-order valence-electron chi connectivity index (χ3n) is 4.53. The highest BCUT2D eigenvalue weighted by molar-refractivity contribution is 7.99. The Kier molecular flexibility index (Phi) is 5.94. The summed E-state index contributed by atoms with van der Waals surface area (Å²) in [5, 5.41) is 0. The lowest BCUT2D eigenvalue weighted by Crippen LogP contribution is -2.47. The van der Waals surface area contributed by atoms with E-state index in [4.69, 9.17) is 9.47 Å². The van der Waals surface area contributed by atoms with E-state index in [-0.39, 0.29) is 23.5 Å². The van der Waals surface area contributed by atoms with Crippen LogP contribution in [0.1, 0.15) is 46.5 Å². The fourth-order valence-corrected chi connectivity index (χ4v) is 4.61. The molecule has 0 bridgehead atoms. The number of carbonyl (C=O) groups is 1. The van der Waals surface area contributed by atoms with Crippen LogP contribution in [0.25, 0.3) is 0 Å². The van der Waals surface area contributed by atoms with Gasteiger partial charge in [-0.05, 0) is 50.0 Å². The van der Waals surface area contributed by atoms with Crippen molar-refractivity contribution < 1.29 is 14.3 Å². The normalized spacial score (nSPS) is 27.7. The summed E-state index contributed by atoms with van der Waals surface area (Å²) >= 11 is 2.00. The number of hydrogen-bond acceptors (Lipinski definition) is 4. The molecule has 0 aliphatic carbocycles. The fourth-order valence-electron chi connectivity index (χ4n) is 3.38. The highest BCUT2D eigenvalue weighted by atomic mass is 32.2. The van der Waals surface area contributed by atoms with Crippen LogP contribution in [-0.4, -0.2) is 42.2 Å². The van der Waals surface area contributed by atoms with Gasteiger partial charge in [-0.2, -0.15) is 11.8 Å². The molecule has 4 heteroatoms. The second kappa shape index (κ2) is 7.28. The summed E-state index contributed by atoms with van der Waals surface area (Å²) in [7, 11) is 0. The molecule has 2 heterocycles. The van der Waals surface area contributed by atoms with Gasteiger partial charge in [0.25, 0.3) is 0 Å². The first kappa shape index (κ1) is 16.3. The van der Waals surface area contributed by atoms with E-state index in [2.05, 4.69) is 13.8 Å². The van der Waals surface area contributed by atoms with Gasteiger partial charge >= 0.3 is 0 Å². The molecule has 0 aromatic carbocycles. The van der Waals surface area contributed by atoms with Gasteiger partial charge in [0, 0.05) is 19.1 Å². The van der Waals surface area contributed by atoms with Gasteiger partial charge in [0.2, 0.25) is 0 Å². The highest BCUT2D eigenvalue weighted by Gasteiger charge is 2.42. The number of thioether (sulfide) groups is 1. The first-order valence-corrected chi connectivity index (χ1v) is 9.10. The lowest BCUT2D eigenvalue weighted by molar-refractivity contribution is -0.150. The summed E-state index contributed by atoms with van der Waals surface area (Å²) < 4.78 is 11.8. The zero-order chi connectivity index (χ0) is 14.6. The predicted molar refractivity (Wildman–Crippen MR) is 83.2 cm³/mol. The zero-order valence-corrected chi connectivity index (χ0v) is 13.8. The van der Waals surface area contributed by atoms with Gasteiger partial charge < -0.3 is 9.47 Å². The molecule has 3 nitrogen and oxygen atoms in total. The maximum Gasteiger partial charge on any atom is 0.165 e. The van der Waals surface area contributed by atoms with Crippen molar-refractivity contribution in [2.75, 3.05) is 24.7 Å². The van der Waals surface area contributed by atoms with Crippen molar-refractivity contribution in [3.05, 3.63) is 0 Å². The topological polar surface area (TPSA) is 35.5 Å². The molecule has 0 radical (unpaired) electrons. The number of hydrogen-bond donors (Lipinski definition) is 0. The first-order chi connectivity index (χ1) is 9.58. The molecular formula is C16H28O3S. The fraction of sp³-hybridized carbons (Fsp3) is 0.938. The lowest BCUT2D eigenvalue weighted by Gasteiger charge is -2.43. The molecule has 2 aliphatic rings. The summed E-state index contributed by atoms with van der Waals surface area (Å²) in [6, 6.07) is 0. The first-order valence-electron chi connectivity index (χ1n) is 7.95. The van der Waals surface area contributed by atoms with Crippen molar-refractivity contribution in [1.29, 1.82) is 0 Å². The molecule has 20 heavy (non-hydrogen) atoms. The van der Waals surface area contributed by atoms with E-state index in [0.29, 0.717) is 12.4 Å². The quantitative estimate of drug-likeness (QED) is 0.780. The van der Waals surface area contributed by atoms with Gasteiger partial charge in [0.1, 0.15) is 6.10 Å². The second-order valence-corrected chi connectivity index (χ2v) is 7.58. The summed E-state index contributed by atoms with van der Waals surface area (Å²) in [6.07, 6.45) is 3.73. The minimum atomic E-state index is -0.238. The molecule has 2 unspecified atom stereocenters. The van der Waals surface area contributed by atoms with Crippen LogP contribution >= 0.6 is 11.8 Å². The summed E-state index contributed by atoms with van der Waals surface area (Å²) in [5.74, 6) is 3.02. The Morgan fingerprint density at radius 2 is 2.10 bits per heavy atom. The molecular weight excluding hydrogens is 272 g/mol. The van der Waals surface area contributed by atoms with Gasteiger partial charge in [-0.25, -0.2) is 0 Å². The molecule has 0 aromatic rings. The van der Waals surface area contributed by atoms with Crippen LogP contribution in [0.2, 0.25) is 0 Å². The van der Waals surface area contributed by atoms with E-state index in [1.165, 1.54) is 11.5 Å². The Hall–Kier alpha value is -0.0600. The molecule has 2 aliphatic heterocycles. The van der Waals surface area contributed by atoms with Crippen LogP contribution in [0.15, 0.2) is 0 Å². The van der Waals surface area contributed by atoms with E-state index >= 15 is 0 Å². The number of rotatable bonds is 5. The van der Waals surface area contributed by atoms with Crippen molar-refractivity contribution >= 4 is 17.5 Å². The van der Waals surface area contributed by atoms with Crippen LogP contribution in [0.5, 0.6) is 0 Å². The van der Waals surface area contributed by atoms with Crippen LogP contribution in [0.4, 0.5) is 0 Å². The number of carbonyl (C=O) groups excluding carboxylic acids is 1. The summed E-state index contributed by atoms with van der Waals surface area (Å²) in [6.45, 7) is 7.46. The average molecular weight is 300 g/mol. The molecule has 0 saturated carbocycles. The maximum absolute atomic E-state index is 12.8. The third kappa shape index (κ3) is 3.77. The lowest BCUT2D eigenvalue weighted by atomic mass is 9.78. The smallest absolute Gasteiger partial charge is 0.165 e. The van der Waals surface area contributed by atoms with Gasteiger partial charge in [-0.15, -0.1) is 0 Å². The molecule has 2 saturated heterocycles. The molecule has 116 valence electrons. The van der Waals surface area contributed by atoms with E-state index in [1.54, 1.807) is 0 Å².